The van der Waals surface area contributed by atoms with Gasteiger partial charge >= 0.3 is 6.18 Å². The molecule has 0 bridgehead atoms. The van der Waals surface area contributed by atoms with Gasteiger partial charge in [-0.15, -0.1) is 12.4 Å². The number of anilines is 1. The summed E-state index contributed by atoms with van der Waals surface area (Å²) in [4.78, 5) is 0. The molecular formula is C15H12ClF3N2. The standard InChI is InChI=1S/C15H11F3N2.ClH/c16-15(17,18)10-5-7-11(8-6-10)20-9-13(19)12-3-1-2-4-14(12)20;/h1-9H,19H2;1H. The third-order valence-corrected chi connectivity index (χ3v) is 3.22. The summed E-state index contributed by atoms with van der Waals surface area (Å²) in [6, 6.07) is 12.5. The minimum atomic E-state index is -4.32. The highest BCUT2D eigenvalue weighted by molar-refractivity contribution is 5.93. The lowest BCUT2D eigenvalue weighted by Crippen LogP contribution is -2.04. The van der Waals surface area contributed by atoms with E-state index >= 15 is 0 Å². The molecule has 110 valence electrons. The fraction of sp³-hybridized carbons (Fsp3) is 0.0667. The fourth-order valence-corrected chi connectivity index (χ4v) is 2.23. The zero-order chi connectivity index (χ0) is 14.3. The van der Waals surface area contributed by atoms with Crippen LogP contribution in [0.1, 0.15) is 5.56 Å². The summed E-state index contributed by atoms with van der Waals surface area (Å²) < 4.78 is 39.4. The van der Waals surface area contributed by atoms with E-state index in [1.54, 1.807) is 10.8 Å². The van der Waals surface area contributed by atoms with Crippen molar-refractivity contribution >= 4 is 29.0 Å². The first-order chi connectivity index (χ1) is 9.47. The van der Waals surface area contributed by atoms with Crippen molar-refractivity contribution in [1.29, 1.82) is 0 Å². The molecule has 2 aromatic carbocycles. The molecule has 2 nitrogen and oxygen atoms in total. The van der Waals surface area contributed by atoms with Crippen molar-refractivity contribution in [2.75, 3.05) is 5.73 Å². The lowest BCUT2D eigenvalue weighted by molar-refractivity contribution is -0.137. The highest BCUT2D eigenvalue weighted by atomic mass is 35.5. The average molecular weight is 313 g/mol. The van der Waals surface area contributed by atoms with E-state index in [1.807, 2.05) is 24.3 Å². The molecule has 0 unspecified atom stereocenters. The molecule has 1 heterocycles. The lowest BCUT2D eigenvalue weighted by atomic mass is 10.2. The maximum atomic E-state index is 12.6. The Labute approximate surface area is 125 Å². The topological polar surface area (TPSA) is 30.9 Å². The predicted molar refractivity (Wildman–Crippen MR) is 79.9 cm³/mol. The zero-order valence-electron chi connectivity index (χ0n) is 10.8. The second-order valence-electron chi connectivity index (χ2n) is 4.52. The van der Waals surface area contributed by atoms with Crippen LogP contribution in [0.25, 0.3) is 16.6 Å². The number of nitrogens with zero attached hydrogens (tertiary/aromatic N) is 1. The number of aromatic nitrogens is 1. The Hall–Kier alpha value is -2.14. The third kappa shape index (κ3) is 2.69. The van der Waals surface area contributed by atoms with Gasteiger partial charge < -0.3 is 10.3 Å². The van der Waals surface area contributed by atoms with Crippen LogP contribution in [0.5, 0.6) is 0 Å². The molecule has 21 heavy (non-hydrogen) atoms. The van der Waals surface area contributed by atoms with Gasteiger partial charge in [-0.2, -0.15) is 13.2 Å². The van der Waals surface area contributed by atoms with E-state index in [1.165, 1.54) is 12.1 Å². The largest absolute Gasteiger partial charge is 0.416 e. The molecule has 0 radical (unpaired) electrons. The van der Waals surface area contributed by atoms with Gasteiger partial charge in [0.2, 0.25) is 0 Å². The lowest BCUT2D eigenvalue weighted by Gasteiger charge is -2.09. The van der Waals surface area contributed by atoms with Crippen LogP contribution < -0.4 is 5.73 Å². The number of fused-ring (bicyclic) bond motifs is 1. The van der Waals surface area contributed by atoms with E-state index in [2.05, 4.69) is 0 Å². The van der Waals surface area contributed by atoms with Gasteiger partial charge in [0, 0.05) is 17.3 Å². The van der Waals surface area contributed by atoms with Crippen LogP contribution in [0.15, 0.2) is 54.7 Å². The Morgan fingerprint density at radius 1 is 0.905 bits per heavy atom. The first-order valence-electron chi connectivity index (χ1n) is 6.00. The molecular weight excluding hydrogens is 301 g/mol. The number of nitrogens with two attached hydrogens (primary N) is 1. The van der Waals surface area contributed by atoms with Gasteiger partial charge in [-0.1, -0.05) is 18.2 Å². The molecule has 3 rings (SSSR count). The van der Waals surface area contributed by atoms with Gasteiger partial charge in [0.05, 0.1) is 16.8 Å². The molecule has 0 saturated carbocycles. The average Bonchev–Trinajstić information content (AvgIpc) is 2.76. The van der Waals surface area contributed by atoms with Crippen molar-refractivity contribution in [3.8, 4) is 5.69 Å². The van der Waals surface area contributed by atoms with Crippen LogP contribution in [-0.4, -0.2) is 4.57 Å². The monoisotopic (exact) mass is 312 g/mol. The summed E-state index contributed by atoms with van der Waals surface area (Å²) >= 11 is 0. The quantitative estimate of drug-likeness (QED) is 0.696. The predicted octanol–water partition coefficient (Wildman–Crippen LogP) is 4.65. The Bertz CT molecular complexity index is 761. The van der Waals surface area contributed by atoms with E-state index in [4.69, 9.17) is 5.73 Å². The maximum absolute atomic E-state index is 12.6. The van der Waals surface area contributed by atoms with Crippen LogP contribution in [0.4, 0.5) is 18.9 Å². The number of benzene rings is 2. The molecule has 0 spiro atoms. The Morgan fingerprint density at radius 2 is 1.52 bits per heavy atom. The van der Waals surface area contributed by atoms with Crippen molar-refractivity contribution in [2.24, 2.45) is 0 Å². The van der Waals surface area contributed by atoms with E-state index in [0.29, 0.717) is 11.4 Å². The van der Waals surface area contributed by atoms with Crippen molar-refractivity contribution in [1.82, 2.24) is 4.57 Å². The summed E-state index contributed by atoms with van der Waals surface area (Å²) in [5.74, 6) is 0. The second-order valence-corrected chi connectivity index (χ2v) is 4.52. The number of hydrogen-bond donors (Lipinski definition) is 1. The van der Waals surface area contributed by atoms with Gasteiger partial charge in [0.1, 0.15) is 0 Å². The third-order valence-electron chi connectivity index (χ3n) is 3.22. The van der Waals surface area contributed by atoms with Crippen LogP contribution in [-0.2, 0) is 6.18 Å². The highest BCUT2D eigenvalue weighted by Gasteiger charge is 2.30. The van der Waals surface area contributed by atoms with Crippen LogP contribution >= 0.6 is 12.4 Å². The number of para-hydroxylation sites is 1. The number of alkyl halides is 3. The van der Waals surface area contributed by atoms with E-state index in [-0.39, 0.29) is 12.4 Å². The molecule has 0 amide bonds. The van der Waals surface area contributed by atoms with Crippen LogP contribution in [0.3, 0.4) is 0 Å². The van der Waals surface area contributed by atoms with E-state index < -0.39 is 11.7 Å². The molecule has 0 fully saturated rings. The van der Waals surface area contributed by atoms with Crippen LogP contribution in [0.2, 0.25) is 0 Å². The molecule has 0 aliphatic carbocycles. The first kappa shape index (κ1) is 15.3. The second kappa shape index (κ2) is 5.33. The number of hydrogen-bond acceptors (Lipinski definition) is 1. The smallest absolute Gasteiger partial charge is 0.397 e. The van der Waals surface area contributed by atoms with E-state index in [9.17, 15) is 13.2 Å². The molecule has 1 aromatic heterocycles. The molecule has 0 saturated heterocycles. The SMILES string of the molecule is Cl.Nc1cn(-c2ccc(C(F)(F)F)cc2)c2ccccc12. The molecule has 2 N–H and O–H groups in total. The van der Waals surface area contributed by atoms with Crippen LogP contribution in [0, 0.1) is 0 Å². The van der Waals surface area contributed by atoms with Crippen molar-refractivity contribution in [3.63, 3.8) is 0 Å². The van der Waals surface area contributed by atoms with Crippen molar-refractivity contribution in [2.45, 2.75) is 6.18 Å². The molecule has 0 aliphatic heterocycles. The molecule has 0 atom stereocenters. The number of halogens is 4. The van der Waals surface area contributed by atoms with Gasteiger partial charge in [0.25, 0.3) is 0 Å². The number of nitrogen functional groups attached to an aromatic ring is 1. The normalized spacial score (nSPS) is 11.4. The van der Waals surface area contributed by atoms with Crippen molar-refractivity contribution < 1.29 is 13.2 Å². The van der Waals surface area contributed by atoms with Gasteiger partial charge in [-0.05, 0) is 30.3 Å². The summed E-state index contributed by atoms with van der Waals surface area (Å²) in [6.07, 6.45) is -2.61. The Morgan fingerprint density at radius 3 is 2.14 bits per heavy atom. The van der Waals surface area contributed by atoms with E-state index in [0.717, 1.165) is 23.0 Å². The van der Waals surface area contributed by atoms with Gasteiger partial charge in [0.15, 0.2) is 0 Å². The summed E-state index contributed by atoms with van der Waals surface area (Å²) in [5, 5.41) is 0.882. The van der Waals surface area contributed by atoms with Gasteiger partial charge in [-0.25, -0.2) is 0 Å². The Balaban J connectivity index is 0.00000161. The highest BCUT2D eigenvalue weighted by Crippen LogP contribution is 2.31. The minimum Gasteiger partial charge on any atom is -0.397 e. The van der Waals surface area contributed by atoms with Crippen molar-refractivity contribution in [3.05, 3.63) is 60.3 Å². The Kier molecular flexibility index (Phi) is 3.87. The fourth-order valence-electron chi connectivity index (χ4n) is 2.23. The first-order valence-corrected chi connectivity index (χ1v) is 6.00. The summed E-state index contributed by atoms with van der Waals surface area (Å²) in [7, 11) is 0. The minimum absolute atomic E-state index is 0. The summed E-state index contributed by atoms with van der Waals surface area (Å²) in [5.41, 5.74) is 7.36. The zero-order valence-corrected chi connectivity index (χ0v) is 11.6. The maximum Gasteiger partial charge on any atom is 0.416 e. The van der Waals surface area contributed by atoms with Gasteiger partial charge in [-0.3, -0.25) is 0 Å². The number of rotatable bonds is 1. The molecule has 3 aromatic rings. The summed E-state index contributed by atoms with van der Waals surface area (Å²) in [6.45, 7) is 0. The molecule has 6 heteroatoms. The molecule has 0 aliphatic rings.